The first kappa shape index (κ1) is 14.5. The van der Waals surface area contributed by atoms with Gasteiger partial charge >= 0.3 is 0 Å². The fourth-order valence-corrected chi connectivity index (χ4v) is 3.54. The highest BCUT2D eigenvalue weighted by Gasteiger charge is 2.21. The minimum atomic E-state index is -3.64. The van der Waals surface area contributed by atoms with Crippen LogP contribution in [0.3, 0.4) is 0 Å². The second-order valence-corrected chi connectivity index (χ2v) is 7.20. The second-order valence-electron chi connectivity index (χ2n) is 5.21. The highest BCUT2D eigenvalue weighted by molar-refractivity contribution is 7.92. The van der Waals surface area contributed by atoms with Crippen LogP contribution in [0.25, 0.3) is 10.9 Å². The number of hydrogen-bond acceptors (Lipinski definition) is 3. The molecular formula is C17H15NO3S. The van der Waals surface area contributed by atoms with E-state index in [0.29, 0.717) is 5.52 Å². The average molecular weight is 313 g/mol. The molecule has 0 aliphatic rings. The molecule has 0 aliphatic heterocycles. The Morgan fingerprint density at radius 1 is 1.00 bits per heavy atom. The highest BCUT2D eigenvalue weighted by atomic mass is 32.2. The number of benzene rings is 2. The largest absolute Gasteiger partial charge is 0.286 e. The molecule has 0 spiro atoms. The molecule has 2 aromatic carbocycles. The highest BCUT2D eigenvalue weighted by Crippen LogP contribution is 2.17. The zero-order chi connectivity index (χ0) is 15.7. The van der Waals surface area contributed by atoms with Crippen LogP contribution in [0.1, 0.15) is 10.4 Å². The van der Waals surface area contributed by atoms with Crippen molar-refractivity contribution in [2.24, 2.45) is 0 Å². The molecular weight excluding hydrogens is 298 g/mol. The minimum Gasteiger partial charge on any atom is -0.286 e. The van der Waals surface area contributed by atoms with Crippen LogP contribution >= 0.6 is 0 Å². The second kappa shape index (κ2) is 5.42. The maximum absolute atomic E-state index is 12.4. The molecule has 3 rings (SSSR count). The quantitative estimate of drug-likeness (QED) is 0.746. The first-order valence-electron chi connectivity index (χ1n) is 6.86. The smallest absolute Gasteiger partial charge is 0.246 e. The first-order chi connectivity index (χ1) is 10.5. The van der Waals surface area contributed by atoms with Crippen LogP contribution in [0.5, 0.6) is 0 Å². The van der Waals surface area contributed by atoms with Crippen molar-refractivity contribution in [3.8, 4) is 0 Å². The van der Waals surface area contributed by atoms with Crippen LogP contribution in [-0.4, -0.2) is 24.6 Å². The Kier molecular flexibility index (Phi) is 3.58. The summed E-state index contributed by atoms with van der Waals surface area (Å²) in [5.41, 5.74) is 1.69. The van der Waals surface area contributed by atoms with Crippen molar-refractivity contribution in [2.45, 2.75) is 11.8 Å². The Morgan fingerprint density at radius 3 is 2.41 bits per heavy atom. The molecule has 0 fully saturated rings. The van der Waals surface area contributed by atoms with Crippen LogP contribution in [0.4, 0.5) is 0 Å². The zero-order valence-electron chi connectivity index (χ0n) is 12.1. The van der Waals surface area contributed by atoms with Crippen molar-refractivity contribution in [2.75, 3.05) is 5.75 Å². The molecule has 4 nitrogen and oxygen atoms in total. The molecule has 0 bridgehead atoms. The van der Waals surface area contributed by atoms with Crippen molar-refractivity contribution >= 4 is 26.6 Å². The van der Waals surface area contributed by atoms with Crippen molar-refractivity contribution in [1.82, 2.24) is 4.57 Å². The molecule has 1 aromatic heterocycles. The molecule has 5 heteroatoms. The summed E-state index contributed by atoms with van der Waals surface area (Å²) in [6.07, 6.45) is 1.61. The predicted octanol–water partition coefficient (Wildman–Crippen LogP) is 3.06. The third-order valence-electron chi connectivity index (χ3n) is 3.56. The molecule has 0 amide bonds. The molecule has 0 N–H and O–H groups in total. The van der Waals surface area contributed by atoms with E-state index in [1.165, 1.54) is 16.7 Å². The van der Waals surface area contributed by atoms with Gasteiger partial charge in [0.05, 0.1) is 10.4 Å². The Balaban J connectivity index is 1.92. The van der Waals surface area contributed by atoms with Crippen LogP contribution in [0.2, 0.25) is 0 Å². The van der Waals surface area contributed by atoms with E-state index >= 15 is 0 Å². The normalized spacial score (nSPS) is 11.7. The molecule has 0 saturated heterocycles. The minimum absolute atomic E-state index is 0.169. The molecule has 0 unspecified atom stereocenters. The van der Waals surface area contributed by atoms with E-state index in [2.05, 4.69) is 0 Å². The van der Waals surface area contributed by atoms with Gasteiger partial charge in [-0.25, -0.2) is 8.42 Å². The first-order valence-corrected chi connectivity index (χ1v) is 8.51. The van der Waals surface area contributed by atoms with E-state index in [1.54, 1.807) is 30.5 Å². The van der Waals surface area contributed by atoms with Gasteiger partial charge in [-0.3, -0.25) is 9.36 Å². The number of para-hydroxylation sites is 1. The van der Waals surface area contributed by atoms with E-state index < -0.39 is 21.5 Å². The lowest BCUT2D eigenvalue weighted by Gasteiger charge is -2.06. The third kappa shape index (κ3) is 2.67. The summed E-state index contributed by atoms with van der Waals surface area (Å²) in [4.78, 5) is 12.5. The zero-order valence-corrected chi connectivity index (χ0v) is 12.9. The van der Waals surface area contributed by atoms with Gasteiger partial charge in [-0.2, -0.15) is 0 Å². The molecule has 112 valence electrons. The summed E-state index contributed by atoms with van der Waals surface area (Å²) in [7, 11) is -3.64. The molecule has 0 saturated carbocycles. The van der Waals surface area contributed by atoms with Gasteiger partial charge in [0.25, 0.3) is 0 Å². The number of carbonyl (C=O) groups is 1. The molecule has 0 atom stereocenters. The van der Waals surface area contributed by atoms with E-state index in [0.717, 1.165) is 10.9 Å². The van der Waals surface area contributed by atoms with E-state index in [1.807, 2.05) is 25.1 Å². The number of hydrogen-bond donors (Lipinski definition) is 0. The predicted molar refractivity (Wildman–Crippen MR) is 85.8 cm³/mol. The SMILES string of the molecule is Cc1ccc(S(=O)(=O)CC(=O)n2ccc3ccccc32)cc1. The number of carbonyl (C=O) groups excluding carboxylic acids is 1. The lowest BCUT2D eigenvalue weighted by atomic mass is 10.2. The van der Waals surface area contributed by atoms with Crippen molar-refractivity contribution in [3.63, 3.8) is 0 Å². The van der Waals surface area contributed by atoms with E-state index in [4.69, 9.17) is 0 Å². The summed E-state index contributed by atoms with van der Waals surface area (Å²) in [6, 6.07) is 15.7. The summed E-state index contributed by atoms with van der Waals surface area (Å²) in [6.45, 7) is 1.88. The van der Waals surface area contributed by atoms with E-state index in [9.17, 15) is 13.2 Å². The Bertz CT molecular complexity index is 937. The number of rotatable bonds is 3. The van der Waals surface area contributed by atoms with Gasteiger partial charge in [-0.15, -0.1) is 0 Å². The monoisotopic (exact) mass is 313 g/mol. The summed E-state index contributed by atoms with van der Waals surface area (Å²) in [5, 5.41) is 0.906. The van der Waals surface area contributed by atoms with Gasteiger partial charge in [0.15, 0.2) is 9.84 Å². The van der Waals surface area contributed by atoms with Gasteiger partial charge in [0.1, 0.15) is 5.75 Å². The van der Waals surface area contributed by atoms with Crippen molar-refractivity contribution in [3.05, 3.63) is 66.4 Å². The molecule has 3 aromatic rings. The third-order valence-corrected chi connectivity index (χ3v) is 5.18. The van der Waals surface area contributed by atoms with Gasteiger partial charge in [0.2, 0.25) is 5.91 Å². The maximum Gasteiger partial charge on any atom is 0.246 e. The number of sulfone groups is 1. The number of aryl methyl sites for hydroxylation is 1. The number of aromatic nitrogens is 1. The maximum atomic E-state index is 12.4. The van der Waals surface area contributed by atoms with Gasteiger partial charge in [0, 0.05) is 11.6 Å². The fraction of sp³-hybridized carbons (Fsp3) is 0.118. The summed E-state index contributed by atoms with van der Waals surface area (Å²) in [5.74, 6) is -1.00. The molecule has 22 heavy (non-hydrogen) atoms. The standard InChI is InChI=1S/C17H15NO3S/c1-13-6-8-15(9-7-13)22(20,21)12-17(19)18-11-10-14-4-2-3-5-16(14)18/h2-11H,12H2,1H3. The number of fused-ring (bicyclic) bond motifs is 1. The molecule has 0 radical (unpaired) electrons. The van der Waals surface area contributed by atoms with Gasteiger partial charge in [-0.1, -0.05) is 35.9 Å². The average Bonchev–Trinajstić information content (AvgIpc) is 2.91. The van der Waals surface area contributed by atoms with Gasteiger partial charge in [-0.05, 0) is 31.2 Å². The Morgan fingerprint density at radius 2 is 1.68 bits per heavy atom. The van der Waals surface area contributed by atoms with Crippen LogP contribution < -0.4 is 0 Å². The topological polar surface area (TPSA) is 56.1 Å². The van der Waals surface area contributed by atoms with Crippen LogP contribution in [0.15, 0.2) is 65.7 Å². The van der Waals surface area contributed by atoms with Gasteiger partial charge < -0.3 is 0 Å². The lowest BCUT2D eigenvalue weighted by molar-refractivity contribution is 0.0945. The summed E-state index contributed by atoms with van der Waals surface area (Å²) < 4.78 is 26.1. The lowest BCUT2D eigenvalue weighted by Crippen LogP contribution is -2.21. The summed E-state index contributed by atoms with van der Waals surface area (Å²) >= 11 is 0. The molecule has 0 aliphatic carbocycles. The van der Waals surface area contributed by atoms with Crippen molar-refractivity contribution in [1.29, 1.82) is 0 Å². The van der Waals surface area contributed by atoms with Crippen molar-refractivity contribution < 1.29 is 13.2 Å². The van der Waals surface area contributed by atoms with Crippen LogP contribution in [0, 0.1) is 6.92 Å². The molecule has 1 heterocycles. The number of nitrogens with zero attached hydrogens (tertiary/aromatic N) is 1. The Labute approximate surface area is 128 Å². The fourth-order valence-electron chi connectivity index (χ4n) is 2.36. The van der Waals surface area contributed by atoms with Crippen LogP contribution in [-0.2, 0) is 9.84 Å². The Hall–Kier alpha value is -2.40. The van der Waals surface area contributed by atoms with E-state index in [-0.39, 0.29) is 4.90 Å².